The molecule has 0 aliphatic heterocycles. The number of benzene rings is 1. The molecule has 0 fully saturated rings. The summed E-state index contributed by atoms with van der Waals surface area (Å²) in [6.07, 6.45) is -9.41. The Bertz CT molecular complexity index is 914. The Kier molecular flexibility index (Phi) is 5.51. The maximum Gasteiger partial charge on any atom is 0.416 e. The van der Waals surface area contributed by atoms with E-state index in [9.17, 15) is 34.8 Å². The molecule has 0 aliphatic carbocycles. The summed E-state index contributed by atoms with van der Waals surface area (Å²) in [6, 6.07) is 1.39. The first-order chi connectivity index (χ1) is 11.7. The normalized spacial score (nSPS) is 12.9. The van der Waals surface area contributed by atoms with Crippen molar-refractivity contribution in [3.63, 3.8) is 0 Å². The molecule has 0 aliphatic rings. The Morgan fingerprint density at radius 2 is 1.46 bits per heavy atom. The monoisotopic (exact) mass is 482 g/mol. The number of anilines is 1. The summed E-state index contributed by atoms with van der Waals surface area (Å²) >= 11 is 8.52. The molecule has 0 unspecified atom stereocenters. The van der Waals surface area contributed by atoms with Gasteiger partial charge in [-0.1, -0.05) is 11.6 Å². The van der Waals surface area contributed by atoms with Crippen molar-refractivity contribution in [2.75, 3.05) is 4.72 Å². The molecular weight excluding hydrogens is 478 g/mol. The molecule has 1 heterocycles. The van der Waals surface area contributed by atoms with Crippen LogP contribution in [0.25, 0.3) is 0 Å². The zero-order chi connectivity index (χ0) is 19.9. The van der Waals surface area contributed by atoms with Crippen LogP contribution in [-0.4, -0.2) is 13.4 Å². The summed E-state index contributed by atoms with van der Waals surface area (Å²) in [5.41, 5.74) is -4.21. The second-order valence-electron chi connectivity index (χ2n) is 4.84. The maximum absolute atomic E-state index is 12.8. The fourth-order valence-corrected chi connectivity index (χ4v) is 3.39. The van der Waals surface area contributed by atoms with E-state index in [4.69, 9.17) is 11.6 Å². The van der Waals surface area contributed by atoms with Gasteiger partial charge in [0.2, 0.25) is 0 Å². The molecule has 1 aromatic heterocycles. The van der Waals surface area contributed by atoms with E-state index >= 15 is 0 Å². The number of hydrogen-bond donors (Lipinski definition) is 1. The zero-order valence-corrected chi connectivity index (χ0v) is 15.2. The minimum Gasteiger partial charge on any atom is -0.280 e. The van der Waals surface area contributed by atoms with E-state index in [1.165, 1.54) is 0 Å². The van der Waals surface area contributed by atoms with E-state index in [-0.39, 0.29) is 27.8 Å². The Morgan fingerprint density at radius 3 is 1.88 bits per heavy atom. The molecule has 26 heavy (non-hydrogen) atoms. The average Bonchev–Trinajstić information content (AvgIpc) is 2.47. The number of rotatable bonds is 3. The molecule has 0 amide bonds. The highest BCUT2D eigenvalue weighted by molar-refractivity contribution is 9.10. The number of hydrogen-bond acceptors (Lipinski definition) is 3. The van der Waals surface area contributed by atoms with Crippen molar-refractivity contribution < 1.29 is 34.8 Å². The number of pyridine rings is 1. The van der Waals surface area contributed by atoms with Crippen molar-refractivity contribution in [1.82, 2.24) is 4.98 Å². The molecule has 0 saturated heterocycles. The largest absolute Gasteiger partial charge is 0.416 e. The summed E-state index contributed by atoms with van der Waals surface area (Å²) in [5, 5.41) is -0.0811. The van der Waals surface area contributed by atoms with Crippen LogP contribution < -0.4 is 4.72 Å². The summed E-state index contributed by atoms with van der Waals surface area (Å²) in [7, 11) is -4.51. The lowest BCUT2D eigenvalue weighted by atomic mass is 10.1. The predicted molar refractivity (Wildman–Crippen MR) is 84.2 cm³/mol. The molecule has 0 radical (unpaired) electrons. The smallest absolute Gasteiger partial charge is 0.280 e. The van der Waals surface area contributed by atoms with E-state index in [1.807, 2.05) is 0 Å². The first-order valence-electron chi connectivity index (χ1n) is 6.33. The third-order valence-corrected chi connectivity index (χ3v) is 5.40. The number of sulfonamides is 1. The average molecular weight is 484 g/mol. The van der Waals surface area contributed by atoms with Gasteiger partial charge in [-0.25, -0.2) is 13.4 Å². The van der Waals surface area contributed by atoms with E-state index in [2.05, 4.69) is 20.9 Å². The summed E-state index contributed by atoms with van der Waals surface area (Å²) in [4.78, 5) is 3.03. The predicted octanol–water partition coefficient (Wildman–Crippen LogP) is 5.34. The lowest BCUT2D eigenvalue weighted by Gasteiger charge is -2.15. The molecule has 0 saturated carbocycles. The molecule has 0 spiro atoms. The van der Waals surface area contributed by atoms with Gasteiger partial charge in [0.1, 0.15) is 10.0 Å². The van der Waals surface area contributed by atoms with Crippen molar-refractivity contribution in [3.8, 4) is 0 Å². The van der Waals surface area contributed by atoms with Crippen molar-refractivity contribution in [1.29, 1.82) is 0 Å². The van der Waals surface area contributed by atoms with Gasteiger partial charge in [0.25, 0.3) is 10.0 Å². The van der Waals surface area contributed by atoms with Crippen molar-refractivity contribution >= 4 is 43.2 Å². The van der Waals surface area contributed by atoms with Crippen molar-refractivity contribution in [2.24, 2.45) is 0 Å². The lowest BCUT2D eigenvalue weighted by molar-refractivity contribution is -0.143. The van der Waals surface area contributed by atoms with Crippen LogP contribution in [0.3, 0.4) is 0 Å². The second-order valence-corrected chi connectivity index (χ2v) is 7.74. The van der Waals surface area contributed by atoms with Gasteiger partial charge in [0.05, 0.1) is 21.3 Å². The molecule has 1 aromatic carbocycles. The Morgan fingerprint density at radius 1 is 0.962 bits per heavy atom. The van der Waals surface area contributed by atoms with Crippen molar-refractivity contribution in [3.05, 3.63) is 51.2 Å². The number of aromatic nitrogens is 1. The van der Waals surface area contributed by atoms with Crippen LogP contribution in [0.4, 0.5) is 32.0 Å². The summed E-state index contributed by atoms with van der Waals surface area (Å²) < 4.78 is 103. The van der Waals surface area contributed by atoms with Crippen LogP contribution in [0.5, 0.6) is 0 Å². The highest BCUT2D eigenvalue weighted by atomic mass is 79.9. The van der Waals surface area contributed by atoms with Crippen LogP contribution in [-0.2, 0) is 22.4 Å². The molecule has 2 rings (SSSR count). The Balaban J connectivity index is 2.52. The van der Waals surface area contributed by atoms with Crippen LogP contribution in [0, 0.1) is 0 Å². The molecule has 0 bridgehead atoms. The minimum absolute atomic E-state index is 0.0714. The van der Waals surface area contributed by atoms with E-state index in [1.54, 1.807) is 4.72 Å². The quantitative estimate of drug-likeness (QED) is 0.474. The SMILES string of the molecule is O=S(=O)(Nc1cc(C(F)(F)F)cc(C(F)(F)F)c1)c1cnc(Cl)c(Br)c1. The molecular formula is C13H6BrClF6N2O2S. The van der Waals surface area contributed by atoms with Gasteiger partial charge in [-0.3, -0.25) is 4.72 Å². The van der Waals surface area contributed by atoms with Gasteiger partial charge in [0, 0.05) is 6.20 Å². The number of halogens is 8. The molecule has 13 heteroatoms. The minimum atomic E-state index is -5.10. The van der Waals surface area contributed by atoms with Gasteiger partial charge in [-0.2, -0.15) is 26.3 Å². The van der Waals surface area contributed by atoms with Crippen LogP contribution in [0.15, 0.2) is 39.8 Å². The van der Waals surface area contributed by atoms with Crippen LogP contribution in [0.2, 0.25) is 5.15 Å². The number of nitrogens with zero attached hydrogens (tertiary/aromatic N) is 1. The molecule has 4 nitrogen and oxygen atoms in total. The van der Waals surface area contributed by atoms with Crippen LogP contribution in [0.1, 0.15) is 11.1 Å². The fraction of sp³-hybridized carbons (Fsp3) is 0.154. The summed E-state index contributed by atoms with van der Waals surface area (Å²) in [6.45, 7) is 0. The van der Waals surface area contributed by atoms with E-state index < -0.39 is 44.1 Å². The van der Waals surface area contributed by atoms with Gasteiger partial charge < -0.3 is 0 Å². The first kappa shape index (κ1) is 20.8. The van der Waals surface area contributed by atoms with Gasteiger partial charge >= 0.3 is 12.4 Å². The molecule has 0 atom stereocenters. The third-order valence-electron chi connectivity index (χ3n) is 2.92. The Labute approximate surface area is 156 Å². The van der Waals surface area contributed by atoms with E-state index in [0.29, 0.717) is 0 Å². The Hall–Kier alpha value is -1.53. The van der Waals surface area contributed by atoms with Crippen molar-refractivity contribution in [2.45, 2.75) is 17.2 Å². The van der Waals surface area contributed by atoms with E-state index in [0.717, 1.165) is 12.3 Å². The lowest BCUT2D eigenvalue weighted by Crippen LogP contribution is -2.16. The molecule has 1 N–H and O–H groups in total. The number of alkyl halides is 6. The maximum atomic E-state index is 12.8. The molecule has 142 valence electrons. The van der Waals surface area contributed by atoms with Gasteiger partial charge in [-0.15, -0.1) is 0 Å². The first-order valence-corrected chi connectivity index (χ1v) is 8.99. The summed E-state index contributed by atoms with van der Waals surface area (Å²) in [5.74, 6) is 0. The highest BCUT2D eigenvalue weighted by Gasteiger charge is 2.37. The topological polar surface area (TPSA) is 59.1 Å². The standard InChI is InChI=1S/C13H6BrClF6N2O2S/c14-10-4-9(5-22-11(10)15)26(24,25)23-8-2-6(12(16,17)18)1-7(3-8)13(19,20)21/h1-5,23H. The third kappa shape index (κ3) is 4.80. The second kappa shape index (κ2) is 6.89. The fourth-order valence-electron chi connectivity index (χ4n) is 1.78. The van der Waals surface area contributed by atoms with Crippen LogP contribution >= 0.6 is 27.5 Å². The number of nitrogens with one attached hydrogen (secondary N) is 1. The zero-order valence-electron chi connectivity index (χ0n) is 12.1. The molecule has 2 aromatic rings. The van der Waals surface area contributed by atoms with Gasteiger partial charge in [0.15, 0.2) is 0 Å². The van der Waals surface area contributed by atoms with Gasteiger partial charge in [-0.05, 0) is 40.2 Å². The highest BCUT2D eigenvalue weighted by Crippen LogP contribution is 2.38.